The molecule has 1 saturated heterocycles. The van der Waals surface area contributed by atoms with Crippen LogP contribution in [0.4, 0.5) is 4.79 Å². The van der Waals surface area contributed by atoms with E-state index in [0.717, 1.165) is 22.9 Å². The highest BCUT2D eigenvalue weighted by atomic mass is 79.9. The van der Waals surface area contributed by atoms with Crippen molar-refractivity contribution in [3.8, 4) is 0 Å². The zero-order valence-electron chi connectivity index (χ0n) is 14.5. The molecule has 1 heterocycles. The molecule has 0 saturated carbocycles. The highest BCUT2D eigenvalue weighted by Gasteiger charge is 2.36. The predicted octanol–water partition coefficient (Wildman–Crippen LogP) is 3.51. The van der Waals surface area contributed by atoms with Crippen LogP contribution < -0.4 is 5.32 Å². The van der Waals surface area contributed by atoms with Crippen molar-refractivity contribution in [2.24, 2.45) is 0 Å². The topological polar surface area (TPSA) is 58.6 Å². The number of halogens is 1. The Balaban J connectivity index is 1.87. The fourth-order valence-electron chi connectivity index (χ4n) is 2.72. The average molecular weight is 397 g/mol. The van der Waals surface area contributed by atoms with Gasteiger partial charge in [-0.1, -0.05) is 34.1 Å². The molecule has 0 aliphatic carbocycles. The van der Waals surface area contributed by atoms with Crippen molar-refractivity contribution in [1.29, 1.82) is 0 Å². The van der Waals surface area contributed by atoms with E-state index in [2.05, 4.69) is 21.2 Å². The second-order valence-electron chi connectivity index (χ2n) is 6.96. The Morgan fingerprint density at radius 2 is 2.04 bits per heavy atom. The lowest BCUT2D eigenvalue weighted by Crippen LogP contribution is -2.47. The monoisotopic (exact) mass is 396 g/mol. The van der Waals surface area contributed by atoms with Gasteiger partial charge in [-0.15, -0.1) is 0 Å². The molecule has 1 N–H and O–H groups in total. The summed E-state index contributed by atoms with van der Waals surface area (Å²) >= 11 is 3.50. The molecule has 0 spiro atoms. The van der Waals surface area contributed by atoms with Crippen LogP contribution in [0.2, 0.25) is 0 Å². The third-order valence-corrected chi connectivity index (χ3v) is 4.61. The van der Waals surface area contributed by atoms with Gasteiger partial charge in [-0.3, -0.25) is 9.69 Å². The number of ether oxygens (including phenoxy) is 1. The number of rotatable bonds is 4. The van der Waals surface area contributed by atoms with Crippen LogP contribution in [0.25, 0.3) is 0 Å². The minimum absolute atomic E-state index is 0.106. The second-order valence-corrected chi connectivity index (χ2v) is 7.82. The summed E-state index contributed by atoms with van der Waals surface area (Å²) in [7, 11) is 0. The van der Waals surface area contributed by atoms with Gasteiger partial charge in [0.15, 0.2) is 0 Å². The molecule has 0 aromatic heterocycles. The van der Waals surface area contributed by atoms with Crippen LogP contribution >= 0.6 is 15.9 Å². The lowest BCUT2D eigenvalue weighted by Gasteiger charge is -2.28. The first kappa shape index (κ1) is 18.8. The first-order chi connectivity index (χ1) is 11.3. The van der Waals surface area contributed by atoms with Gasteiger partial charge in [0, 0.05) is 17.6 Å². The molecule has 24 heavy (non-hydrogen) atoms. The maximum absolute atomic E-state index is 12.4. The molecule has 0 radical (unpaired) electrons. The minimum Gasteiger partial charge on any atom is -0.444 e. The summed E-state index contributed by atoms with van der Waals surface area (Å²) in [5.74, 6) is -0.106. The van der Waals surface area contributed by atoms with Crippen LogP contribution in [-0.2, 0) is 16.0 Å². The number of hydrogen-bond donors (Lipinski definition) is 1. The predicted molar refractivity (Wildman–Crippen MR) is 96.8 cm³/mol. The van der Waals surface area contributed by atoms with Gasteiger partial charge in [0.25, 0.3) is 0 Å². The molecule has 0 bridgehead atoms. The van der Waals surface area contributed by atoms with E-state index in [1.807, 2.05) is 45.0 Å². The van der Waals surface area contributed by atoms with E-state index in [9.17, 15) is 9.59 Å². The Kier molecular flexibility index (Phi) is 6.27. The third kappa shape index (κ3) is 5.23. The first-order valence-electron chi connectivity index (χ1n) is 8.28. The highest BCUT2D eigenvalue weighted by Crippen LogP contribution is 2.21. The summed E-state index contributed by atoms with van der Waals surface area (Å²) < 4.78 is 6.43. The van der Waals surface area contributed by atoms with E-state index in [1.54, 1.807) is 4.90 Å². The lowest BCUT2D eigenvalue weighted by atomic mass is 10.1. The molecule has 5 nitrogen and oxygen atoms in total. The molecule has 1 aliphatic heterocycles. The van der Waals surface area contributed by atoms with Crippen molar-refractivity contribution in [2.45, 2.75) is 51.7 Å². The van der Waals surface area contributed by atoms with Gasteiger partial charge in [-0.05, 0) is 51.7 Å². The van der Waals surface area contributed by atoms with E-state index in [0.29, 0.717) is 19.5 Å². The quantitative estimate of drug-likeness (QED) is 0.846. The molecule has 2 amide bonds. The third-order valence-electron chi connectivity index (χ3n) is 3.83. The molecule has 6 heteroatoms. The van der Waals surface area contributed by atoms with Crippen molar-refractivity contribution in [3.63, 3.8) is 0 Å². The van der Waals surface area contributed by atoms with Gasteiger partial charge >= 0.3 is 6.09 Å². The number of carbonyl (C=O) groups is 2. The summed E-state index contributed by atoms with van der Waals surface area (Å²) in [6.45, 7) is 6.59. The maximum Gasteiger partial charge on any atom is 0.410 e. The molecule has 132 valence electrons. The molecular weight excluding hydrogens is 372 g/mol. The molecule has 0 unspecified atom stereocenters. The van der Waals surface area contributed by atoms with Gasteiger partial charge in [-0.25, -0.2) is 4.79 Å². The van der Waals surface area contributed by atoms with E-state index >= 15 is 0 Å². The van der Waals surface area contributed by atoms with Gasteiger partial charge in [-0.2, -0.15) is 0 Å². The Hall–Kier alpha value is -1.56. The molecule has 2 rings (SSSR count). The van der Waals surface area contributed by atoms with Crippen LogP contribution in [-0.4, -0.2) is 41.6 Å². The molecular formula is C18H25BrN2O3. The Bertz CT molecular complexity index is 598. The van der Waals surface area contributed by atoms with Gasteiger partial charge in [0.2, 0.25) is 5.91 Å². The van der Waals surface area contributed by atoms with E-state index in [1.165, 1.54) is 0 Å². The van der Waals surface area contributed by atoms with Crippen LogP contribution in [0, 0.1) is 0 Å². The minimum atomic E-state index is -0.555. The number of carbonyl (C=O) groups excluding carboxylic acids is 2. The van der Waals surface area contributed by atoms with Gasteiger partial charge in [0.05, 0.1) is 0 Å². The standard InChI is InChI=1S/C18H25BrN2O3/c1-18(2,3)24-17(23)21-12-6-9-15(21)16(22)20-11-10-13-7-4-5-8-14(13)19/h4-5,7-8,15H,6,9-12H2,1-3H3,(H,20,22)/t15-/m1/s1. The lowest BCUT2D eigenvalue weighted by molar-refractivity contribution is -0.125. The largest absolute Gasteiger partial charge is 0.444 e. The van der Waals surface area contributed by atoms with Gasteiger partial charge < -0.3 is 10.1 Å². The first-order valence-corrected chi connectivity index (χ1v) is 9.08. The molecule has 1 aromatic rings. The summed E-state index contributed by atoms with van der Waals surface area (Å²) in [6.07, 6.45) is 1.83. The Labute approximate surface area is 151 Å². The smallest absolute Gasteiger partial charge is 0.410 e. The van der Waals surface area contributed by atoms with Crippen molar-refractivity contribution in [1.82, 2.24) is 10.2 Å². The van der Waals surface area contributed by atoms with Crippen LogP contribution in [0.5, 0.6) is 0 Å². The number of likely N-dealkylation sites (tertiary alicyclic amines) is 1. The fourth-order valence-corrected chi connectivity index (χ4v) is 3.20. The van der Waals surface area contributed by atoms with Crippen molar-refractivity contribution in [3.05, 3.63) is 34.3 Å². The highest BCUT2D eigenvalue weighted by molar-refractivity contribution is 9.10. The summed E-state index contributed by atoms with van der Waals surface area (Å²) in [4.78, 5) is 26.2. The maximum atomic E-state index is 12.4. The normalized spacial score (nSPS) is 17.7. The molecule has 1 atom stereocenters. The Morgan fingerprint density at radius 3 is 2.71 bits per heavy atom. The van der Waals surface area contributed by atoms with Crippen molar-refractivity contribution >= 4 is 27.9 Å². The van der Waals surface area contributed by atoms with E-state index < -0.39 is 17.7 Å². The Morgan fingerprint density at radius 1 is 1.33 bits per heavy atom. The number of nitrogens with one attached hydrogen (secondary N) is 1. The van der Waals surface area contributed by atoms with E-state index in [-0.39, 0.29) is 5.91 Å². The zero-order chi connectivity index (χ0) is 17.7. The molecule has 1 aromatic carbocycles. The zero-order valence-corrected chi connectivity index (χ0v) is 16.1. The fraction of sp³-hybridized carbons (Fsp3) is 0.556. The van der Waals surface area contributed by atoms with Crippen molar-refractivity contribution in [2.75, 3.05) is 13.1 Å². The number of amides is 2. The number of hydrogen-bond acceptors (Lipinski definition) is 3. The average Bonchev–Trinajstić information content (AvgIpc) is 2.97. The van der Waals surface area contributed by atoms with E-state index in [4.69, 9.17) is 4.74 Å². The number of nitrogens with zero attached hydrogens (tertiary/aromatic N) is 1. The SMILES string of the molecule is CC(C)(C)OC(=O)N1CCC[C@@H]1C(=O)NCCc1ccccc1Br. The van der Waals surface area contributed by atoms with Crippen molar-refractivity contribution < 1.29 is 14.3 Å². The van der Waals surface area contributed by atoms with Crippen LogP contribution in [0.1, 0.15) is 39.2 Å². The summed E-state index contributed by atoms with van der Waals surface area (Å²) in [5.41, 5.74) is 0.591. The van der Waals surface area contributed by atoms with Gasteiger partial charge in [0.1, 0.15) is 11.6 Å². The molecule has 1 aliphatic rings. The number of benzene rings is 1. The summed E-state index contributed by atoms with van der Waals surface area (Å²) in [5, 5.41) is 2.94. The molecule has 1 fully saturated rings. The second kappa shape index (κ2) is 8.01. The summed E-state index contributed by atoms with van der Waals surface area (Å²) in [6, 6.07) is 7.52. The van der Waals surface area contributed by atoms with Crippen LogP contribution in [0.15, 0.2) is 28.7 Å². The van der Waals surface area contributed by atoms with Crippen LogP contribution in [0.3, 0.4) is 0 Å².